The molecule has 1 aromatic rings. The highest BCUT2D eigenvalue weighted by Crippen LogP contribution is 2.51. The number of hydrogen-bond acceptors (Lipinski definition) is 10. The second kappa shape index (κ2) is 8.81. The van der Waals surface area contributed by atoms with Crippen LogP contribution < -0.4 is 11.5 Å². The lowest BCUT2D eigenvalue weighted by atomic mass is 9.52. The summed E-state index contributed by atoms with van der Waals surface area (Å²) < 4.78 is 0. The van der Waals surface area contributed by atoms with Crippen molar-refractivity contribution in [2.75, 3.05) is 20.4 Å². The number of likely N-dealkylation sites (N-methyl/N-ethyl adjacent to an activating group) is 1. The van der Waals surface area contributed by atoms with Gasteiger partial charge in [-0.15, -0.1) is 0 Å². The van der Waals surface area contributed by atoms with E-state index in [9.17, 15) is 34.2 Å². The summed E-state index contributed by atoms with van der Waals surface area (Å²) in [5.74, 6) is -10.00. The van der Waals surface area contributed by atoms with Gasteiger partial charge in [0.25, 0.3) is 0 Å². The minimum Gasteiger partial charge on any atom is -0.507 e. The Morgan fingerprint density at radius 3 is 2.40 bits per heavy atom. The maximum Gasteiger partial charge on any atom is 0.235 e. The summed E-state index contributed by atoms with van der Waals surface area (Å²) in [5.41, 5.74) is 10.3. The fourth-order valence-electron chi connectivity index (χ4n) is 6.26. The molecular formula is C24H29N3O7S. The first-order valence-corrected chi connectivity index (χ1v) is 12.7. The molecule has 2 saturated carbocycles. The lowest BCUT2D eigenvalue weighted by Crippen LogP contribution is -2.74. The van der Waals surface area contributed by atoms with Crippen LogP contribution in [0.3, 0.4) is 0 Å². The topological polar surface area (TPSA) is 181 Å². The van der Waals surface area contributed by atoms with E-state index in [1.165, 1.54) is 16.7 Å². The first-order chi connectivity index (χ1) is 16.4. The van der Waals surface area contributed by atoms with Gasteiger partial charge in [0.05, 0.1) is 17.5 Å². The van der Waals surface area contributed by atoms with Crippen LogP contribution in [0.25, 0.3) is 0 Å². The molecule has 10 nitrogen and oxygen atoms in total. The van der Waals surface area contributed by atoms with E-state index in [1.54, 1.807) is 20.2 Å². The Morgan fingerprint density at radius 2 is 1.86 bits per heavy atom. The lowest BCUT2D eigenvalue weighted by Gasteiger charge is -2.52. The lowest BCUT2D eigenvalue weighted by molar-refractivity contribution is -0.181. The number of ketones is 4. The number of phenols is 1. The molecule has 0 heterocycles. The number of aromatic hydroxyl groups is 1. The average Bonchev–Trinajstić information content (AvgIpc) is 2.77. The number of hydrogen-bond donors (Lipinski definition) is 4. The minimum atomic E-state index is -2.72. The molecule has 188 valence electrons. The number of thioether (sulfide) groups is 1. The van der Waals surface area contributed by atoms with Gasteiger partial charge < -0.3 is 21.7 Å². The largest absolute Gasteiger partial charge is 0.507 e. The molecule has 35 heavy (non-hydrogen) atoms. The summed E-state index contributed by atoms with van der Waals surface area (Å²) in [6.07, 6.45) is 2.07. The summed E-state index contributed by atoms with van der Waals surface area (Å²) in [6.45, 7) is 0.119. The van der Waals surface area contributed by atoms with Crippen molar-refractivity contribution in [3.05, 3.63) is 28.3 Å². The van der Waals surface area contributed by atoms with E-state index < -0.39 is 64.4 Å². The maximum atomic E-state index is 13.8. The number of phenolic OH excluding ortho intramolecular Hbond substituents is 1. The molecular weight excluding hydrogens is 474 g/mol. The van der Waals surface area contributed by atoms with Crippen molar-refractivity contribution in [3.63, 3.8) is 0 Å². The fraction of sp³-hybridized carbons (Fsp3) is 0.542. The molecule has 3 aliphatic carbocycles. The van der Waals surface area contributed by atoms with E-state index in [2.05, 4.69) is 0 Å². The van der Waals surface area contributed by atoms with Crippen LogP contribution in [-0.2, 0) is 37.9 Å². The number of fused-ring (bicyclic) bond motifs is 3. The Balaban J connectivity index is 1.89. The SMILES string of the molecule is CSCc1cc(CN)c2c(c1O)C(=O)C1C(=O)[C@@]3(O)C(=O)C(C(N)=O)C(=O)[C@H](N(C)C)C3CC1C2. The Morgan fingerprint density at radius 1 is 1.20 bits per heavy atom. The molecule has 1 aromatic carbocycles. The first-order valence-electron chi connectivity index (χ1n) is 11.3. The zero-order chi connectivity index (χ0) is 26.0. The summed E-state index contributed by atoms with van der Waals surface area (Å²) in [6, 6.07) is 0.635. The van der Waals surface area contributed by atoms with Crippen LogP contribution in [-0.4, -0.2) is 76.1 Å². The van der Waals surface area contributed by atoms with Crippen molar-refractivity contribution >= 4 is 40.8 Å². The van der Waals surface area contributed by atoms with Gasteiger partial charge in [0.2, 0.25) is 5.91 Å². The van der Waals surface area contributed by atoms with Gasteiger partial charge in [-0.3, -0.25) is 28.9 Å². The van der Waals surface area contributed by atoms with Crippen LogP contribution in [0.2, 0.25) is 0 Å². The number of amides is 1. The van der Waals surface area contributed by atoms with E-state index in [-0.39, 0.29) is 30.7 Å². The zero-order valence-electron chi connectivity index (χ0n) is 19.7. The number of aliphatic hydroxyl groups is 1. The highest BCUT2D eigenvalue weighted by Gasteiger charge is 2.69. The van der Waals surface area contributed by atoms with Crippen molar-refractivity contribution < 1.29 is 34.2 Å². The van der Waals surface area contributed by atoms with Crippen LogP contribution in [0.1, 0.15) is 33.5 Å². The number of rotatable bonds is 5. The van der Waals surface area contributed by atoms with Crippen molar-refractivity contribution in [2.24, 2.45) is 35.1 Å². The molecule has 0 spiro atoms. The van der Waals surface area contributed by atoms with E-state index in [1.807, 2.05) is 6.26 Å². The van der Waals surface area contributed by atoms with E-state index in [4.69, 9.17) is 11.5 Å². The van der Waals surface area contributed by atoms with Crippen LogP contribution in [0.5, 0.6) is 5.75 Å². The zero-order valence-corrected chi connectivity index (χ0v) is 20.6. The molecule has 0 bridgehead atoms. The molecule has 6 N–H and O–H groups in total. The Labute approximate surface area is 206 Å². The van der Waals surface area contributed by atoms with E-state index in [0.29, 0.717) is 22.4 Å². The second-order valence-electron chi connectivity index (χ2n) is 9.82. The summed E-state index contributed by atoms with van der Waals surface area (Å²) in [5, 5.41) is 22.5. The van der Waals surface area contributed by atoms with Crippen molar-refractivity contribution in [2.45, 2.75) is 36.8 Å². The molecule has 4 unspecified atom stereocenters. The van der Waals surface area contributed by atoms with Gasteiger partial charge in [0, 0.05) is 23.8 Å². The standard InChI is InChI=1S/C24H29N3O7S/c1-27(2)17-13-6-9-5-12-10(7-25)4-11(8-35-3)18(28)15(12)19(29)14(9)21(31)24(13,34)22(32)16(20(17)30)23(26)33/h4,9,13-14,16-17,28,34H,5-8,25H2,1-3H3,(H2,26,33)/t9?,13?,14?,16?,17-,24-/m1/s1. The number of benzene rings is 1. The molecule has 11 heteroatoms. The molecule has 4 rings (SSSR count). The van der Waals surface area contributed by atoms with Gasteiger partial charge in [0.1, 0.15) is 5.75 Å². The number of primary amides is 1. The van der Waals surface area contributed by atoms with Crippen LogP contribution >= 0.6 is 11.8 Å². The van der Waals surface area contributed by atoms with E-state index in [0.717, 1.165) is 0 Å². The summed E-state index contributed by atoms with van der Waals surface area (Å²) in [4.78, 5) is 67.3. The van der Waals surface area contributed by atoms with Crippen LogP contribution in [0, 0.1) is 23.7 Å². The summed E-state index contributed by atoms with van der Waals surface area (Å²) in [7, 11) is 3.10. The van der Waals surface area contributed by atoms with Crippen molar-refractivity contribution in [3.8, 4) is 5.75 Å². The highest BCUT2D eigenvalue weighted by atomic mass is 32.2. The molecule has 0 saturated heterocycles. The van der Waals surface area contributed by atoms with Gasteiger partial charge in [-0.2, -0.15) is 11.8 Å². The maximum absolute atomic E-state index is 13.8. The second-order valence-corrected chi connectivity index (χ2v) is 10.7. The molecule has 1 amide bonds. The van der Waals surface area contributed by atoms with Crippen molar-refractivity contribution in [1.82, 2.24) is 4.90 Å². The predicted octanol–water partition coefficient (Wildman–Crippen LogP) is -0.811. The Bertz CT molecular complexity index is 1170. The number of nitrogens with zero attached hydrogens (tertiary/aromatic N) is 1. The van der Waals surface area contributed by atoms with Gasteiger partial charge in [-0.05, 0) is 56.3 Å². The van der Waals surface area contributed by atoms with Gasteiger partial charge in [-0.1, -0.05) is 0 Å². The number of carbonyl (C=O) groups excluding carboxylic acids is 5. The molecule has 0 radical (unpaired) electrons. The van der Waals surface area contributed by atoms with Gasteiger partial charge in [0.15, 0.2) is 34.7 Å². The molecule has 0 aliphatic heterocycles. The Hall–Kier alpha value is -2.60. The minimum absolute atomic E-state index is 0.0106. The number of nitrogens with two attached hydrogens (primary N) is 2. The van der Waals surface area contributed by atoms with Crippen LogP contribution in [0.15, 0.2) is 6.07 Å². The third-order valence-electron chi connectivity index (χ3n) is 7.75. The van der Waals surface area contributed by atoms with E-state index >= 15 is 0 Å². The normalized spacial score (nSPS) is 32.3. The summed E-state index contributed by atoms with van der Waals surface area (Å²) >= 11 is 1.44. The quantitative estimate of drug-likeness (QED) is 0.371. The smallest absolute Gasteiger partial charge is 0.235 e. The third-order valence-corrected chi connectivity index (χ3v) is 8.35. The third kappa shape index (κ3) is 3.47. The highest BCUT2D eigenvalue weighted by molar-refractivity contribution is 7.97. The fourth-order valence-corrected chi connectivity index (χ4v) is 6.79. The molecule has 2 fully saturated rings. The molecule has 3 aliphatic rings. The molecule has 6 atom stereocenters. The predicted molar refractivity (Wildman–Crippen MR) is 126 cm³/mol. The van der Waals surface area contributed by atoms with Crippen molar-refractivity contribution in [1.29, 1.82) is 0 Å². The average molecular weight is 504 g/mol. The van der Waals surface area contributed by atoms with Crippen LogP contribution in [0.4, 0.5) is 0 Å². The van der Waals surface area contributed by atoms with Gasteiger partial charge >= 0.3 is 0 Å². The first kappa shape index (κ1) is 25.5. The Kier molecular flexibility index (Phi) is 6.41. The van der Waals surface area contributed by atoms with Gasteiger partial charge in [-0.25, -0.2) is 0 Å². The number of carbonyl (C=O) groups is 5. The number of Topliss-reactive ketones (excluding diaryl/α,β-unsaturated/α-hetero) is 4. The monoisotopic (exact) mass is 503 g/mol. The molecule has 0 aromatic heterocycles.